The van der Waals surface area contributed by atoms with Crippen molar-refractivity contribution >= 4 is 28.3 Å². The molecular formula is C22H18ClN3. The number of anilines is 1. The van der Waals surface area contributed by atoms with E-state index >= 15 is 0 Å². The van der Waals surface area contributed by atoms with Crippen LogP contribution in [0.5, 0.6) is 0 Å². The fourth-order valence-corrected chi connectivity index (χ4v) is 3.30. The van der Waals surface area contributed by atoms with E-state index in [2.05, 4.69) is 52.5 Å². The van der Waals surface area contributed by atoms with Crippen LogP contribution in [-0.4, -0.2) is 9.97 Å². The summed E-state index contributed by atoms with van der Waals surface area (Å²) < 4.78 is 0. The van der Waals surface area contributed by atoms with Crippen LogP contribution in [0.3, 0.4) is 0 Å². The number of hydrogen-bond acceptors (Lipinski definition) is 3. The van der Waals surface area contributed by atoms with Crippen molar-refractivity contribution in [2.75, 3.05) is 5.32 Å². The average Bonchev–Trinajstić information content (AvgIpc) is 2.67. The van der Waals surface area contributed by atoms with E-state index < -0.39 is 0 Å². The summed E-state index contributed by atoms with van der Waals surface area (Å²) in [5.74, 6) is 0.753. The number of benzene rings is 3. The van der Waals surface area contributed by atoms with Crippen molar-refractivity contribution in [2.24, 2.45) is 0 Å². The Kier molecular flexibility index (Phi) is 4.55. The van der Waals surface area contributed by atoms with Crippen LogP contribution in [0.15, 0.2) is 72.8 Å². The summed E-state index contributed by atoms with van der Waals surface area (Å²) >= 11 is 6.17. The van der Waals surface area contributed by atoms with Crippen molar-refractivity contribution in [3.63, 3.8) is 0 Å². The maximum Gasteiger partial charge on any atom is 0.224 e. The van der Waals surface area contributed by atoms with Crippen LogP contribution in [0.1, 0.15) is 11.1 Å². The number of aromatic nitrogens is 2. The molecule has 1 heterocycles. The smallest absolute Gasteiger partial charge is 0.224 e. The van der Waals surface area contributed by atoms with Crippen molar-refractivity contribution in [1.82, 2.24) is 9.97 Å². The molecule has 0 aliphatic heterocycles. The number of hydrogen-bond donors (Lipinski definition) is 1. The molecule has 0 radical (unpaired) electrons. The molecule has 1 N–H and O–H groups in total. The van der Waals surface area contributed by atoms with Crippen molar-refractivity contribution in [1.29, 1.82) is 0 Å². The highest BCUT2D eigenvalue weighted by molar-refractivity contribution is 6.29. The van der Waals surface area contributed by atoms with E-state index in [0.29, 0.717) is 6.54 Å². The lowest BCUT2D eigenvalue weighted by molar-refractivity contribution is 1.08. The molecule has 0 amide bonds. The molecule has 4 aromatic rings. The first-order valence-electron chi connectivity index (χ1n) is 8.52. The van der Waals surface area contributed by atoms with Gasteiger partial charge < -0.3 is 5.32 Å². The van der Waals surface area contributed by atoms with E-state index in [1.165, 1.54) is 11.1 Å². The fourth-order valence-electron chi connectivity index (χ4n) is 3.13. The number of aryl methyl sites for hydroxylation is 1. The Balaban J connectivity index is 1.82. The zero-order valence-corrected chi connectivity index (χ0v) is 15.2. The topological polar surface area (TPSA) is 37.8 Å². The zero-order chi connectivity index (χ0) is 17.9. The summed E-state index contributed by atoms with van der Waals surface area (Å²) in [7, 11) is 0. The van der Waals surface area contributed by atoms with Crippen LogP contribution >= 0.6 is 11.6 Å². The normalized spacial score (nSPS) is 10.8. The summed E-state index contributed by atoms with van der Waals surface area (Å²) in [5, 5.41) is 4.69. The Morgan fingerprint density at radius 1 is 0.846 bits per heavy atom. The number of nitrogens with zero attached hydrogens (tertiary/aromatic N) is 2. The molecule has 1 aromatic heterocycles. The summed E-state index contributed by atoms with van der Waals surface area (Å²) in [6.45, 7) is 2.79. The van der Waals surface area contributed by atoms with Gasteiger partial charge >= 0.3 is 0 Å². The van der Waals surface area contributed by atoms with Gasteiger partial charge in [0.15, 0.2) is 0 Å². The van der Waals surface area contributed by atoms with E-state index in [4.69, 9.17) is 11.6 Å². The second-order valence-corrected chi connectivity index (χ2v) is 6.53. The minimum absolute atomic E-state index is 0.245. The van der Waals surface area contributed by atoms with Gasteiger partial charge in [0.25, 0.3) is 0 Å². The highest BCUT2D eigenvalue weighted by atomic mass is 35.5. The van der Waals surface area contributed by atoms with E-state index in [1.807, 2.05) is 42.5 Å². The maximum absolute atomic E-state index is 6.17. The third kappa shape index (κ3) is 3.26. The monoisotopic (exact) mass is 359 g/mol. The van der Waals surface area contributed by atoms with Crippen molar-refractivity contribution < 1.29 is 0 Å². The highest BCUT2D eigenvalue weighted by Gasteiger charge is 2.12. The predicted octanol–water partition coefficient (Wildman–Crippen LogP) is 5.87. The largest absolute Gasteiger partial charge is 0.365 e. The van der Waals surface area contributed by atoms with Crippen LogP contribution in [0.25, 0.3) is 22.0 Å². The first-order valence-corrected chi connectivity index (χ1v) is 8.90. The molecule has 3 aromatic carbocycles. The van der Waals surface area contributed by atoms with Gasteiger partial charge in [-0.15, -0.1) is 0 Å². The Morgan fingerprint density at radius 3 is 2.42 bits per heavy atom. The molecule has 0 aliphatic rings. The van der Waals surface area contributed by atoms with Crippen molar-refractivity contribution in [2.45, 2.75) is 13.5 Å². The summed E-state index contributed by atoms with van der Waals surface area (Å²) in [6, 6.07) is 24.6. The zero-order valence-electron chi connectivity index (χ0n) is 14.4. The number of rotatable bonds is 4. The van der Waals surface area contributed by atoms with Gasteiger partial charge in [-0.1, -0.05) is 66.7 Å². The first-order chi connectivity index (χ1) is 12.7. The second kappa shape index (κ2) is 7.14. The predicted molar refractivity (Wildman–Crippen MR) is 108 cm³/mol. The molecule has 4 heteroatoms. The molecule has 26 heavy (non-hydrogen) atoms. The van der Waals surface area contributed by atoms with Crippen LogP contribution < -0.4 is 5.32 Å². The molecule has 0 fully saturated rings. The molecule has 0 saturated carbocycles. The Bertz CT molecular complexity index is 1060. The van der Waals surface area contributed by atoms with Gasteiger partial charge in [0.1, 0.15) is 5.82 Å². The fraction of sp³-hybridized carbons (Fsp3) is 0.0909. The van der Waals surface area contributed by atoms with E-state index in [0.717, 1.165) is 27.8 Å². The molecule has 128 valence electrons. The summed E-state index contributed by atoms with van der Waals surface area (Å²) in [5.41, 5.74) is 5.52. The number of fused-ring (bicyclic) bond motifs is 1. The quantitative estimate of drug-likeness (QED) is 0.463. The summed E-state index contributed by atoms with van der Waals surface area (Å²) in [6.07, 6.45) is 0. The highest BCUT2D eigenvalue weighted by Crippen LogP contribution is 2.33. The van der Waals surface area contributed by atoms with E-state index in [9.17, 15) is 0 Å². The first kappa shape index (κ1) is 16.6. The van der Waals surface area contributed by atoms with Crippen molar-refractivity contribution in [3.8, 4) is 11.1 Å². The van der Waals surface area contributed by atoms with Gasteiger partial charge in [0, 0.05) is 6.54 Å². The molecule has 0 saturated heterocycles. The van der Waals surface area contributed by atoms with Crippen LogP contribution in [0.4, 0.5) is 5.82 Å². The van der Waals surface area contributed by atoms with Gasteiger partial charge in [0.2, 0.25) is 5.28 Å². The molecule has 0 atom stereocenters. The van der Waals surface area contributed by atoms with Crippen LogP contribution in [0.2, 0.25) is 5.28 Å². The third-order valence-electron chi connectivity index (χ3n) is 4.49. The number of halogens is 1. The molecular weight excluding hydrogens is 342 g/mol. The maximum atomic E-state index is 6.17. The lowest BCUT2D eigenvalue weighted by atomic mass is 10.0. The van der Waals surface area contributed by atoms with Gasteiger partial charge in [0.05, 0.1) is 10.9 Å². The Hall–Kier alpha value is -2.91. The van der Waals surface area contributed by atoms with E-state index in [-0.39, 0.29) is 5.28 Å². The van der Waals surface area contributed by atoms with E-state index in [1.54, 1.807) is 0 Å². The van der Waals surface area contributed by atoms with Gasteiger partial charge in [-0.2, -0.15) is 0 Å². The molecule has 0 unspecified atom stereocenters. The minimum Gasteiger partial charge on any atom is -0.365 e. The number of nitrogens with one attached hydrogen (secondary N) is 1. The third-order valence-corrected chi connectivity index (χ3v) is 4.66. The van der Waals surface area contributed by atoms with Crippen LogP contribution in [-0.2, 0) is 6.54 Å². The van der Waals surface area contributed by atoms with Gasteiger partial charge in [-0.05, 0) is 46.8 Å². The van der Waals surface area contributed by atoms with Gasteiger partial charge in [-0.25, -0.2) is 9.97 Å². The van der Waals surface area contributed by atoms with Crippen LogP contribution in [0, 0.1) is 6.92 Å². The second-order valence-electron chi connectivity index (χ2n) is 6.19. The average molecular weight is 360 g/mol. The standard InChI is InChI=1S/C22H18ClN3/c1-15-8-5-6-11-17(15)14-24-21-20-18(16-9-3-2-4-10-16)12-7-13-19(20)25-22(23)26-21/h2-13H,14H2,1H3,(H,24,25,26). The molecule has 3 nitrogen and oxygen atoms in total. The minimum atomic E-state index is 0.245. The summed E-state index contributed by atoms with van der Waals surface area (Å²) in [4.78, 5) is 8.88. The SMILES string of the molecule is Cc1ccccc1CNc1nc(Cl)nc2cccc(-c3ccccc3)c12. The lowest BCUT2D eigenvalue weighted by Crippen LogP contribution is -2.05. The van der Waals surface area contributed by atoms with Gasteiger partial charge in [-0.3, -0.25) is 0 Å². The van der Waals surface area contributed by atoms with Crippen molar-refractivity contribution in [3.05, 3.63) is 89.2 Å². The molecule has 0 aliphatic carbocycles. The molecule has 0 bridgehead atoms. The lowest BCUT2D eigenvalue weighted by Gasteiger charge is -2.14. The Labute approximate surface area is 157 Å². The Morgan fingerprint density at radius 2 is 1.62 bits per heavy atom. The molecule has 0 spiro atoms. The molecule has 4 rings (SSSR count).